The minimum Gasteiger partial charge on any atom is -0.439 e. The summed E-state index contributed by atoms with van der Waals surface area (Å²) in [6.07, 6.45) is 4.77. The number of hydrogen-bond donors (Lipinski definition) is 4. The third-order valence-electron chi connectivity index (χ3n) is 7.07. The largest absolute Gasteiger partial charge is 0.439 e. The van der Waals surface area contributed by atoms with Gasteiger partial charge < -0.3 is 20.7 Å². The van der Waals surface area contributed by atoms with E-state index in [1.807, 2.05) is 30.3 Å². The van der Waals surface area contributed by atoms with Gasteiger partial charge >= 0.3 is 6.18 Å². The quantitative estimate of drug-likeness (QED) is 0.0953. The van der Waals surface area contributed by atoms with Crippen molar-refractivity contribution in [2.75, 3.05) is 20.7 Å². The van der Waals surface area contributed by atoms with Gasteiger partial charge in [-0.3, -0.25) is 4.72 Å². The summed E-state index contributed by atoms with van der Waals surface area (Å²) in [4.78, 5) is 16.6. The van der Waals surface area contributed by atoms with Crippen LogP contribution in [0.15, 0.2) is 133 Å². The third kappa shape index (κ3) is 10.6. The molecule has 0 unspecified atom stereocenters. The molecule has 2 aromatic heterocycles. The van der Waals surface area contributed by atoms with Gasteiger partial charge in [0, 0.05) is 46.4 Å². The highest BCUT2D eigenvalue weighted by molar-refractivity contribution is 7.95. The fourth-order valence-corrected chi connectivity index (χ4v) is 5.50. The molecule has 11 nitrogen and oxygen atoms in total. The van der Waals surface area contributed by atoms with Gasteiger partial charge in [-0.05, 0) is 72.8 Å². The van der Waals surface area contributed by atoms with Gasteiger partial charge in [-0.25, -0.2) is 28.4 Å². The van der Waals surface area contributed by atoms with Gasteiger partial charge in [0.2, 0.25) is 5.88 Å². The number of allylic oxidation sites excluding steroid dienone is 1. The van der Waals surface area contributed by atoms with Crippen LogP contribution in [0.1, 0.15) is 16.7 Å². The molecule has 0 atom stereocenters. The number of ether oxygens (including phenoxy) is 1. The Labute approximate surface area is 308 Å². The van der Waals surface area contributed by atoms with Crippen molar-refractivity contribution in [3.63, 3.8) is 0 Å². The lowest BCUT2D eigenvalue weighted by atomic mass is 10.2. The highest BCUT2D eigenvalue weighted by Crippen LogP contribution is 2.33. The molecule has 15 heteroatoms. The molecule has 0 saturated heterocycles. The van der Waals surface area contributed by atoms with Gasteiger partial charge in [-0.15, -0.1) is 6.42 Å². The molecule has 0 saturated carbocycles. The van der Waals surface area contributed by atoms with Crippen LogP contribution in [0.4, 0.5) is 53.4 Å². The van der Waals surface area contributed by atoms with Gasteiger partial charge in [0.1, 0.15) is 35.9 Å². The average Bonchev–Trinajstić information content (AvgIpc) is 3.14. The molecule has 2 heterocycles. The van der Waals surface area contributed by atoms with Crippen LogP contribution in [0.3, 0.4) is 0 Å². The second-order valence-corrected chi connectivity index (χ2v) is 12.7. The standard InChI is InChI=1S/C39H27F3N8O3S/c1-2-27-10-5-13-30(19-27)47-35-23-36(44-25-43-35)48-31-14-6-11-28(20-31)9-3-4-18-54(51,52)50-33-16-8-15-32(22-33)49-37-24-38(46-26-45-37)53-34-17-7-12-29(21-34)39(40,41)42/h1,4-8,10-26,50H,(H,45,46,49)(H2,43,44,47,48). The summed E-state index contributed by atoms with van der Waals surface area (Å²) < 4.78 is 72.7. The lowest BCUT2D eigenvalue weighted by Gasteiger charge is -2.11. The third-order valence-corrected chi connectivity index (χ3v) is 8.09. The molecule has 0 radical (unpaired) electrons. The highest BCUT2D eigenvalue weighted by Gasteiger charge is 2.30. The molecule has 54 heavy (non-hydrogen) atoms. The number of terminal acetylenes is 1. The Hall–Kier alpha value is -7.36. The molecule has 6 aromatic rings. The average molecular weight is 745 g/mol. The minimum atomic E-state index is -4.53. The molecular formula is C39H27F3N8O3S. The van der Waals surface area contributed by atoms with E-state index in [-0.39, 0.29) is 23.1 Å². The van der Waals surface area contributed by atoms with Crippen molar-refractivity contribution in [1.82, 2.24) is 19.9 Å². The number of nitrogens with one attached hydrogen (secondary N) is 4. The number of alkyl halides is 3. The van der Waals surface area contributed by atoms with Crippen LogP contribution in [0, 0.1) is 24.2 Å². The number of aromatic nitrogens is 4. The van der Waals surface area contributed by atoms with Crippen LogP contribution in [0.2, 0.25) is 0 Å². The SMILES string of the molecule is C#Cc1cccc(Nc2cc(Nc3cccc(C#CC=CS(=O)(=O)Nc4cccc(Nc5cc(Oc6cccc(C(F)(F)F)c6)ncn5)c4)c3)ncn2)c1. The lowest BCUT2D eigenvalue weighted by molar-refractivity contribution is -0.137. The Morgan fingerprint density at radius 3 is 1.93 bits per heavy atom. The molecule has 4 aromatic carbocycles. The number of nitrogens with zero attached hydrogens (tertiary/aromatic N) is 4. The molecular weight excluding hydrogens is 718 g/mol. The zero-order chi connectivity index (χ0) is 38.0. The van der Waals surface area contributed by atoms with E-state index < -0.39 is 21.8 Å². The number of hydrogen-bond acceptors (Lipinski definition) is 10. The Morgan fingerprint density at radius 2 is 1.24 bits per heavy atom. The number of sulfonamides is 1. The Balaban J connectivity index is 1.05. The fourth-order valence-electron chi connectivity index (χ4n) is 4.73. The summed E-state index contributed by atoms with van der Waals surface area (Å²) in [5, 5.41) is 10.3. The van der Waals surface area contributed by atoms with Crippen molar-refractivity contribution in [2.24, 2.45) is 0 Å². The monoisotopic (exact) mass is 744 g/mol. The van der Waals surface area contributed by atoms with E-state index in [4.69, 9.17) is 11.2 Å². The van der Waals surface area contributed by atoms with Crippen LogP contribution in [0.25, 0.3) is 0 Å². The van der Waals surface area contributed by atoms with Crippen molar-refractivity contribution in [3.8, 4) is 35.8 Å². The van der Waals surface area contributed by atoms with Crippen molar-refractivity contribution in [2.45, 2.75) is 6.18 Å². The summed E-state index contributed by atoms with van der Waals surface area (Å²) in [5.74, 6) is 9.53. The van der Waals surface area contributed by atoms with Crippen LogP contribution in [0.5, 0.6) is 11.6 Å². The predicted molar refractivity (Wildman–Crippen MR) is 201 cm³/mol. The predicted octanol–water partition coefficient (Wildman–Crippen LogP) is 8.60. The first-order chi connectivity index (χ1) is 26.0. The highest BCUT2D eigenvalue weighted by atomic mass is 32.2. The Kier molecular flexibility index (Phi) is 11.0. The molecule has 4 N–H and O–H groups in total. The van der Waals surface area contributed by atoms with Gasteiger partial charge in [0.05, 0.1) is 16.7 Å². The van der Waals surface area contributed by atoms with Crippen LogP contribution < -0.4 is 25.4 Å². The van der Waals surface area contributed by atoms with E-state index in [0.29, 0.717) is 28.6 Å². The van der Waals surface area contributed by atoms with Crippen LogP contribution in [-0.2, 0) is 16.2 Å². The summed E-state index contributed by atoms with van der Waals surface area (Å²) >= 11 is 0. The van der Waals surface area contributed by atoms with Crippen molar-refractivity contribution >= 4 is 50.2 Å². The second kappa shape index (κ2) is 16.3. The number of halogens is 3. The first-order valence-corrected chi connectivity index (χ1v) is 17.3. The molecule has 6 rings (SSSR count). The first-order valence-electron chi connectivity index (χ1n) is 15.8. The Bertz CT molecular complexity index is 2550. The molecule has 0 bridgehead atoms. The maximum atomic E-state index is 13.1. The molecule has 0 aliphatic carbocycles. The number of rotatable bonds is 11. The number of anilines is 7. The van der Waals surface area contributed by atoms with Crippen LogP contribution in [-0.4, -0.2) is 28.4 Å². The maximum Gasteiger partial charge on any atom is 0.416 e. The van der Waals surface area contributed by atoms with Gasteiger partial charge in [-0.1, -0.05) is 42.0 Å². The zero-order valence-electron chi connectivity index (χ0n) is 27.8. The molecule has 0 amide bonds. The van der Waals surface area contributed by atoms with Gasteiger partial charge in [-0.2, -0.15) is 13.2 Å². The molecule has 0 aliphatic heterocycles. The topological polar surface area (TPSA) is 143 Å². The van der Waals surface area contributed by atoms with E-state index in [1.165, 1.54) is 43.0 Å². The van der Waals surface area contributed by atoms with E-state index in [2.05, 4.69) is 58.4 Å². The molecule has 268 valence electrons. The van der Waals surface area contributed by atoms with Crippen molar-refractivity contribution < 1.29 is 26.3 Å². The lowest BCUT2D eigenvalue weighted by Crippen LogP contribution is -2.09. The summed E-state index contributed by atoms with van der Waals surface area (Å²) in [6, 6.07) is 28.5. The smallest absolute Gasteiger partial charge is 0.416 e. The normalized spacial score (nSPS) is 11.1. The molecule has 0 fully saturated rings. The molecule has 0 spiro atoms. The summed E-state index contributed by atoms with van der Waals surface area (Å²) in [5.41, 5.74) is 2.69. The van der Waals surface area contributed by atoms with E-state index >= 15 is 0 Å². The maximum absolute atomic E-state index is 13.1. The van der Waals surface area contributed by atoms with Gasteiger partial charge in [0.15, 0.2) is 0 Å². The Morgan fingerprint density at radius 1 is 0.667 bits per heavy atom. The number of benzene rings is 4. The van der Waals surface area contributed by atoms with E-state index in [9.17, 15) is 21.6 Å². The van der Waals surface area contributed by atoms with Crippen LogP contribution >= 0.6 is 0 Å². The molecule has 0 aliphatic rings. The zero-order valence-corrected chi connectivity index (χ0v) is 28.7. The van der Waals surface area contributed by atoms with Crippen molar-refractivity contribution in [1.29, 1.82) is 0 Å². The van der Waals surface area contributed by atoms with Gasteiger partial charge in [0.25, 0.3) is 10.0 Å². The minimum absolute atomic E-state index is 0.00481. The fraction of sp³-hybridized carbons (Fsp3) is 0.0256. The summed E-state index contributed by atoms with van der Waals surface area (Å²) in [6.45, 7) is 0. The second-order valence-electron chi connectivity index (χ2n) is 11.1. The van der Waals surface area contributed by atoms with E-state index in [0.717, 1.165) is 28.8 Å². The summed E-state index contributed by atoms with van der Waals surface area (Å²) in [7, 11) is -3.94. The van der Waals surface area contributed by atoms with Crippen molar-refractivity contribution in [3.05, 3.63) is 150 Å². The van der Waals surface area contributed by atoms with E-state index in [1.54, 1.807) is 42.5 Å². The first kappa shape index (κ1) is 36.4.